The molecule has 7 heteroatoms. The van der Waals surface area contributed by atoms with Gasteiger partial charge in [0, 0.05) is 26.3 Å². The van der Waals surface area contributed by atoms with Crippen LogP contribution < -0.4 is 5.56 Å². The van der Waals surface area contributed by atoms with E-state index in [2.05, 4.69) is 29.0 Å². The number of aliphatic hydroxyl groups is 2. The monoisotopic (exact) mass is 283 g/mol. The van der Waals surface area contributed by atoms with Gasteiger partial charge in [-0.2, -0.15) is 0 Å². The highest BCUT2D eigenvalue weighted by Gasteiger charge is 2.19. The van der Waals surface area contributed by atoms with Crippen molar-refractivity contribution in [1.29, 1.82) is 0 Å². The smallest absolute Gasteiger partial charge is 0.275 e. The summed E-state index contributed by atoms with van der Waals surface area (Å²) in [4.78, 5) is 21.3. The molecule has 112 valence electrons. The second kappa shape index (κ2) is 7.18. The van der Waals surface area contributed by atoms with Gasteiger partial charge < -0.3 is 24.7 Å². The van der Waals surface area contributed by atoms with E-state index in [9.17, 15) is 4.79 Å². The van der Waals surface area contributed by atoms with Gasteiger partial charge in [0.2, 0.25) is 0 Å². The van der Waals surface area contributed by atoms with E-state index in [4.69, 9.17) is 10.2 Å². The first-order valence-corrected chi connectivity index (χ1v) is 6.45. The largest absolute Gasteiger partial charge is 0.400 e. The second-order valence-electron chi connectivity index (χ2n) is 5.16. The molecule has 0 atom stereocenters. The van der Waals surface area contributed by atoms with Crippen LogP contribution in [0.1, 0.15) is 12.0 Å². The van der Waals surface area contributed by atoms with Crippen molar-refractivity contribution in [1.82, 2.24) is 15.0 Å². The number of hydrogen-bond donors (Lipinski definition) is 4. The minimum absolute atomic E-state index is 0.146. The summed E-state index contributed by atoms with van der Waals surface area (Å²) in [5.74, 6) is 0. The fourth-order valence-electron chi connectivity index (χ4n) is 2.16. The van der Waals surface area contributed by atoms with Crippen molar-refractivity contribution in [3.63, 3.8) is 0 Å². The number of aliphatic hydroxyl groups excluding tert-OH is 2. The number of nitrogens with one attached hydrogen (secondary N) is 2. The highest BCUT2D eigenvalue weighted by molar-refractivity contribution is 5.77. The summed E-state index contributed by atoms with van der Waals surface area (Å²) in [7, 11) is 5.20. The van der Waals surface area contributed by atoms with Gasteiger partial charge in [0.15, 0.2) is 0 Å². The van der Waals surface area contributed by atoms with Gasteiger partial charge in [-0.1, -0.05) is 0 Å². The Morgan fingerprint density at radius 2 is 2.00 bits per heavy atom. The fraction of sp³-hybridized carbons (Fsp3) is 0.538. The first-order valence-electron chi connectivity index (χ1n) is 6.45. The van der Waals surface area contributed by atoms with Gasteiger partial charge in [0.1, 0.15) is 17.6 Å². The minimum Gasteiger partial charge on any atom is -0.400 e. The molecule has 4 N–H and O–H groups in total. The zero-order chi connectivity index (χ0) is 15.2. The summed E-state index contributed by atoms with van der Waals surface area (Å²) in [6.45, 7) is 1.86. The van der Waals surface area contributed by atoms with Gasteiger partial charge in [-0.05, 0) is 0 Å². The maximum Gasteiger partial charge on any atom is 0.275 e. The maximum absolute atomic E-state index is 11.6. The molecule has 7 nitrogen and oxygen atoms in total. The average Bonchev–Trinajstić information content (AvgIpc) is 2.83. The number of rotatable bonds is 5. The zero-order valence-corrected chi connectivity index (χ0v) is 12.2. The molecule has 2 heterocycles. The lowest BCUT2D eigenvalue weighted by Gasteiger charge is -2.29. The van der Waals surface area contributed by atoms with E-state index in [-0.39, 0.29) is 12.2 Å². The van der Waals surface area contributed by atoms with Crippen LogP contribution in [0.5, 0.6) is 0 Å². The Morgan fingerprint density at radius 3 is 2.65 bits per heavy atom. The predicted octanol–water partition coefficient (Wildman–Crippen LogP) is -0.181. The van der Waals surface area contributed by atoms with Gasteiger partial charge in [0.05, 0.1) is 32.5 Å². The van der Waals surface area contributed by atoms with E-state index in [1.165, 1.54) is 6.33 Å². The molecule has 0 spiro atoms. The lowest BCUT2D eigenvalue weighted by atomic mass is 10.2. The Kier molecular flexibility index (Phi) is 5.87. The molecule has 2 aromatic heterocycles. The third-order valence-electron chi connectivity index (χ3n) is 3.07. The number of quaternary nitrogens is 1. The molecule has 0 aromatic carbocycles. The molecule has 0 fully saturated rings. The predicted molar refractivity (Wildman–Crippen MR) is 77.2 cm³/mol. The first-order chi connectivity index (χ1) is 9.53. The van der Waals surface area contributed by atoms with Crippen molar-refractivity contribution in [3.8, 4) is 0 Å². The highest BCUT2D eigenvalue weighted by Crippen LogP contribution is 2.16. The lowest BCUT2D eigenvalue weighted by Crippen LogP contribution is -2.39. The van der Waals surface area contributed by atoms with Gasteiger partial charge >= 0.3 is 0 Å². The molecule has 0 aliphatic heterocycles. The van der Waals surface area contributed by atoms with Crippen LogP contribution in [0, 0.1) is 0 Å². The molecule has 0 unspecified atom stereocenters. The first kappa shape index (κ1) is 16.4. The quantitative estimate of drug-likeness (QED) is 0.572. The van der Waals surface area contributed by atoms with E-state index in [0.29, 0.717) is 5.52 Å². The van der Waals surface area contributed by atoms with E-state index in [1.54, 1.807) is 0 Å². The minimum atomic E-state index is -0.146. The van der Waals surface area contributed by atoms with Gasteiger partial charge in [-0.15, -0.1) is 0 Å². The van der Waals surface area contributed by atoms with E-state index < -0.39 is 0 Å². The molecule has 0 aliphatic rings. The summed E-state index contributed by atoms with van der Waals surface area (Å²) in [6, 6.07) is 0. The van der Waals surface area contributed by atoms with Gasteiger partial charge in [0.25, 0.3) is 5.56 Å². The summed E-state index contributed by atoms with van der Waals surface area (Å²) in [5, 5.41) is 15.9. The van der Waals surface area contributed by atoms with Crippen LogP contribution in [-0.2, 0) is 6.54 Å². The van der Waals surface area contributed by atoms with Crippen LogP contribution in [0.2, 0.25) is 0 Å². The van der Waals surface area contributed by atoms with Crippen molar-refractivity contribution < 1.29 is 14.7 Å². The number of fused-ring (bicyclic) bond motifs is 1. The Hall–Kier alpha value is -1.70. The Balaban J connectivity index is 0.000000956. The fourth-order valence-corrected chi connectivity index (χ4v) is 2.16. The standard InChI is InChI=1S/C12H18N4O2.CH4O/c1-16(2,4-3-5-17)7-9-6-13-11-10(9)14-8-15-12(11)18;1-2/h6,8,17H,3-5,7H2,1-2H3,(H-,13,14,15,18);2H,1H3/p+1. The van der Waals surface area contributed by atoms with Crippen LogP contribution in [0.3, 0.4) is 0 Å². The van der Waals surface area contributed by atoms with Crippen LogP contribution in [-0.4, -0.2) is 64.0 Å². The Labute approximate surface area is 117 Å². The molecule has 0 bridgehead atoms. The molecular formula is C13H23N4O3+. The van der Waals surface area contributed by atoms with Crippen molar-refractivity contribution in [2.45, 2.75) is 13.0 Å². The van der Waals surface area contributed by atoms with E-state index in [0.717, 1.165) is 42.2 Å². The zero-order valence-electron chi connectivity index (χ0n) is 12.2. The molecular weight excluding hydrogens is 260 g/mol. The summed E-state index contributed by atoms with van der Waals surface area (Å²) in [5.41, 5.74) is 2.13. The van der Waals surface area contributed by atoms with Crippen LogP contribution in [0.4, 0.5) is 0 Å². The van der Waals surface area contributed by atoms with Crippen molar-refractivity contribution in [3.05, 3.63) is 28.4 Å². The maximum atomic E-state index is 11.6. The van der Waals surface area contributed by atoms with Crippen molar-refractivity contribution in [2.24, 2.45) is 0 Å². The lowest BCUT2D eigenvalue weighted by molar-refractivity contribution is -0.903. The Bertz CT molecular complexity index is 589. The van der Waals surface area contributed by atoms with Crippen LogP contribution in [0.15, 0.2) is 17.3 Å². The number of hydrogen-bond acceptors (Lipinski definition) is 4. The molecule has 0 radical (unpaired) electrons. The molecule has 0 aliphatic carbocycles. The number of aromatic nitrogens is 3. The van der Waals surface area contributed by atoms with Crippen LogP contribution in [0.25, 0.3) is 11.0 Å². The van der Waals surface area contributed by atoms with E-state index >= 15 is 0 Å². The van der Waals surface area contributed by atoms with Crippen LogP contribution >= 0.6 is 0 Å². The molecule has 0 amide bonds. The number of nitrogens with zero attached hydrogens (tertiary/aromatic N) is 2. The molecule has 2 rings (SSSR count). The van der Waals surface area contributed by atoms with Gasteiger partial charge in [-0.25, -0.2) is 4.98 Å². The second-order valence-corrected chi connectivity index (χ2v) is 5.16. The average molecular weight is 283 g/mol. The normalized spacial score (nSPS) is 11.2. The highest BCUT2D eigenvalue weighted by atomic mass is 16.3. The molecule has 0 saturated heterocycles. The SMILES string of the molecule is CO.C[N+](C)(CCCO)Cc1c[nH]c2c(=O)[nH]cnc12. The molecule has 20 heavy (non-hydrogen) atoms. The van der Waals surface area contributed by atoms with Crippen molar-refractivity contribution in [2.75, 3.05) is 34.4 Å². The Morgan fingerprint density at radius 1 is 1.30 bits per heavy atom. The molecule has 2 aromatic rings. The number of aromatic amines is 2. The summed E-state index contributed by atoms with van der Waals surface area (Å²) < 4.78 is 0.752. The van der Waals surface area contributed by atoms with E-state index in [1.807, 2.05) is 6.20 Å². The number of H-pyrrole nitrogens is 2. The summed E-state index contributed by atoms with van der Waals surface area (Å²) >= 11 is 0. The molecule has 0 saturated carbocycles. The summed E-state index contributed by atoms with van der Waals surface area (Å²) in [6.07, 6.45) is 4.03. The third kappa shape index (κ3) is 3.89. The van der Waals surface area contributed by atoms with Crippen molar-refractivity contribution >= 4 is 11.0 Å². The van der Waals surface area contributed by atoms with Gasteiger partial charge in [-0.3, -0.25) is 4.79 Å². The topological polar surface area (TPSA) is 102 Å². The third-order valence-corrected chi connectivity index (χ3v) is 3.07.